The average molecular weight is 140 g/mol. The van der Waals surface area contributed by atoms with Crippen LogP contribution in [-0.4, -0.2) is 26.4 Å². The Hall–Kier alpha value is -0.830. The van der Waals surface area contributed by atoms with Gasteiger partial charge in [-0.25, -0.2) is 0 Å². The molecule has 0 radical (unpaired) electrons. The Morgan fingerprint density at radius 2 is 2.70 bits per heavy atom. The van der Waals surface area contributed by atoms with E-state index in [1.165, 1.54) is 5.57 Å². The topological polar surface area (TPSA) is 33.6 Å². The van der Waals surface area contributed by atoms with Crippen LogP contribution in [0.4, 0.5) is 0 Å². The molecule has 56 valence electrons. The van der Waals surface area contributed by atoms with Gasteiger partial charge < -0.3 is 10.2 Å². The normalized spacial score (nSPS) is 19.1. The summed E-state index contributed by atoms with van der Waals surface area (Å²) in [6, 6.07) is 0. The van der Waals surface area contributed by atoms with Crippen LogP contribution >= 0.6 is 0 Å². The second-order valence-electron chi connectivity index (χ2n) is 2.15. The van der Waals surface area contributed by atoms with Crippen LogP contribution < -0.4 is 5.32 Å². The van der Waals surface area contributed by atoms with Gasteiger partial charge in [0.15, 0.2) is 0 Å². The van der Waals surface area contributed by atoms with E-state index < -0.39 is 0 Å². The number of hydrogen-bond donors (Lipinski definition) is 1. The van der Waals surface area contributed by atoms with Crippen LogP contribution in [0.1, 0.15) is 6.42 Å². The molecule has 1 aliphatic heterocycles. The first-order chi connectivity index (χ1) is 4.93. The molecule has 1 aliphatic rings. The molecule has 0 fully saturated rings. The van der Waals surface area contributed by atoms with Gasteiger partial charge in [-0.2, -0.15) is 0 Å². The molecule has 0 saturated carbocycles. The average Bonchev–Trinajstić information content (AvgIpc) is 2.03. The predicted molar refractivity (Wildman–Crippen MR) is 41.1 cm³/mol. The van der Waals surface area contributed by atoms with Gasteiger partial charge in [-0.1, -0.05) is 11.2 Å². The van der Waals surface area contributed by atoms with Crippen molar-refractivity contribution in [1.29, 1.82) is 0 Å². The number of oxime groups is 1. The minimum atomic E-state index is 0.949. The lowest BCUT2D eigenvalue weighted by Crippen LogP contribution is -2.20. The first-order valence-corrected chi connectivity index (χ1v) is 3.40. The molecular formula is C7H12N2O. The van der Waals surface area contributed by atoms with Gasteiger partial charge >= 0.3 is 0 Å². The lowest BCUT2D eigenvalue weighted by molar-refractivity contribution is 0.215. The molecule has 1 heterocycles. The van der Waals surface area contributed by atoms with Gasteiger partial charge in [0.1, 0.15) is 7.11 Å². The largest absolute Gasteiger partial charge is 0.399 e. The Bertz CT molecular complexity index is 152. The molecule has 1 rings (SSSR count). The zero-order chi connectivity index (χ0) is 7.23. The van der Waals surface area contributed by atoms with E-state index in [9.17, 15) is 0 Å². The molecule has 0 unspecified atom stereocenters. The van der Waals surface area contributed by atoms with Crippen molar-refractivity contribution in [3.63, 3.8) is 0 Å². The summed E-state index contributed by atoms with van der Waals surface area (Å²) in [6.45, 7) is 1.99. The zero-order valence-corrected chi connectivity index (χ0v) is 6.13. The van der Waals surface area contributed by atoms with E-state index in [1.807, 2.05) is 0 Å². The number of hydrogen-bond acceptors (Lipinski definition) is 3. The van der Waals surface area contributed by atoms with Crippen molar-refractivity contribution in [3.05, 3.63) is 11.6 Å². The summed E-state index contributed by atoms with van der Waals surface area (Å²) in [4.78, 5) is 4.55. The van der Waals surface area contributed by atoms with Crippen molar-refractivity contribution in [2.75, 3.05) is 20.2 Å². The third-order valence-corrected chi connectivity index (χ3v) is 1.42. The van der Waals surface area contributed by atoms with Crippen LogP contribution in [0.3, 0.4) is 0 Å². The van der Waals surface area contributed by atoms with E-state index in [-0.39, 0.29) is 0 Å². The van der Waals surface area contributed by atoms with Gasteiger partial charge in [-0.15, -0.1) is 0 Å². The highest BCUT2D eigenvalue weighted by Gasteiger charge is 1.98. The molecule has 0 aliphatic carbocycles. The molecule has 0 amide bonds. The molecule has 0 aromatic heterocycles. The summed E-state index contributed by atoms with van der Waals surface area (Å²) in [7, 11) is 1.55. The Labute approximate surface area is 60.7 Å². The number of rotatable bonds is 2. The van der Waals surface area contributed by atoms with Gasteiger partial charge in [-0.05, 0) is 18.5 Å². The van der Waals surface area contributed by atoms with Crippen molar-refractivity contribution in [2.24, 2.45) is 5.16 Å². The molecular weight excluding hydrogens is 128 g/mol. The second kappa shape index (κ2) is 4.06. The highest BCUT2D eigenvalue weighted by atomic mass is 16.6. The Morgan fingerprint density at radius 1 is 1.80 bits per heavy atom. The Kier molecular flexibility index (Phi) is 2.96. The van der Waals surface area contributed by atoms with Crippen molar-refractivity contribution in [2.45, 2.75) is 6.42 Å². The lowest BCUT2D eigenvalue weighted by Gasteiger charge is -2.08. The first kappa shape index (κ1) is 7.28. The molecule has 10 heavy (non-hydrogen) atoms. The predicted octanol–water partition coefficient (Wildman–Crippen LogP) is 0.538. The van der Waals surface area contributed by atoms with Gasteiger partial charge in [0, 0.05) is 6.54 Å². The highest BCUT2D eigenvalue weighted by Crippen LogP contribution is 2.00. The molecule has 1 N–H and O–H groups in total. The van der Waals surface area contributed by atoms with Crippen LogP contribution in [0, 0.1) is 0 Å². The van der Waals surface area contributed by atoms with Gasteiger partial charge in [0.25, 0.3) is 0 Å². The van der Waals surface area contributed by atoms with Crippen LogP contribution in [-0.2, 0) is 4.84 Å². The maximum absolute atomic E-state index is 4.55. The summed E-state index contributed by atoms with van der Waals surface area (Å²) < 4.78 is 0. The van der Waals surface area contributed by atoms with Crippen molar-refractivity contribution < 1.29 is 4.84 Å². The van der Waals surface area contributed by atoms with E-state index in [0.29, 0.717) is 0 Å². The lowest BCUT2D eigenvalue weighted by atomic mass is 10.1. The quantitative estimate of drug-likeness (QED) is 0.448. The molecule has 0 bridgehead atoms. The number of nitrogens with zero attached hydrogens (tertiary/aromatic N) is 1. The molecule has 0 atom stereocenters. The molecule has 0 aromatic carbocycles. The van der Waals surface area contributed by atoms with Crippen LogP contribution in [0.2, 0.25) is 0 Å². The summed E-state index contributed by atoms with van der Waals surface area (Å²) >= 11 is 0. The first-order valence-electron chi connectivity index (χ1n) is 3.40. The smallest absolute Gasteiger partial charge is 0.106 e. The van der Waals surface area contributed by atoms with E-state index in [0.717, 1.165) is 19.5 Å². The number of nitrogens with one attached hydrogen (secondary N) is 1. The van der Waals surface area contributed by atoms with Crippen LogP contribution in [0.5, 0.6) is 0 Å². The molecule has 0 spiro atoms. The molecule has 0 aromatic rings. The van der Waals surface area contributed by atoms with E-state index in [4.69, 9.17) is 0 Å². The zero-order valence-electron chi connectivity index (χ0n) is 6.13. The summed E-state index contributed by atoms with van der Waals surface area (Å²) in [5.41, 5.74) is 1.25. The monoisotopic (exact) mass is 140 g/mol. The summed E-state index contributed by atoms with van der Waals surface area (Å²) in [5.74, 6) is 0. The van der Waals surface area contributed by atoms with Crippen molar-refractivity contribution in [1.82, 2.24) is 5.32 Å². The SMILES string of the molecule is CO/N=C/C1=CCNCC1. The van der Waals surface area contributed by atoms with Crippen LogP contribution in [0.15, 0.2) is 16.8 Å². The molecule has 3 nitrogen and oxygen atoms in total. The van der Waals surface area contributed by atoms with Crippen LogP contribution in [0.25, 0.3) is 0 Å². The van der Waals surface area contributed by atoms with Gasteiger partial charge in [0.2, 0.25) is 0 Å². The van der Waals surface area contributed by atoms with Crippen molar-refractivity contribution >= 4 is 6.21 Å². The Balaban J connectivity index is 2.38. The van der Waals surface area contributed by atoms with Crippen molar-refractivity contribution in [3.8, 4) is 0 Å². The maximum Gasteiger partial charge on any atom is 0.106 e. The molecule has 0 saturated heterocycles. The fourth-order valence-corrected chi connectivity index (χ4v) is 0.878. The van der Waals surface area contributed by atoms with E-state index >= 15 is 0 Å². The third-order valence-electron chi connectivity index (χ3n) is 1.42. The maximum atomic E-state index is 4.55. The minimum Gasteiger partial charge on any atom is -0.399 e. The fraction of sp³-hybridized carbons (Fsp3) is 0.571. The van der Waals surface area contributed by atoms with E-state index in [2.05, 4.69) is 21.4 Å². The standard InChI is InChI=1S/C7H12N2O/c1-10-9-6-7-2-4-8-5-3-7/h2,6,8H,3-5H2,1H3/b9-6+. The minimum absolute atomic E-state index is 0.949. The third kappa shape index (κ3) is 2.19. The summed E-state index contributed by atoms with van der Waals surface area (Å²) in [6.07, 6.45) is 4.93. The second-order valence-corrected chi connectivity index (χ2v) is 2.15. The highest BCUT2D eigenvalue weighted by molar-refractivity contribution is 5.78. The Morgan fingerprint density at radius 3 is 3.30 bits per heavy atom. The van der Waals surface area contributed by atoms with Gasteiger partial charge in [-0.3, -0.25) is 0 Å². The summed E-state index contributed by atoms with van der Waals surface area (Å²) in [5, 5.41) is 6.89. The van der Waals surface area contributed by atoms with E-state index in [1.54, 1.807) is 13.3 Å². The fourth-order valence-electron chi connectivity index (χ4n) is 0.878. The van der Waals surface area contributed by atoms with Gasteiger partial charge in [0.05, 0.1) is 6.21 Å². The molecule has 3 heteroatoms.